The first-order valence-corrected chi connectivity index (χ1v) is 9.81. The van der Waals surface area contributed by atoms with Crippen LogP contribution in [-0.2, 0) is 4.79 Å². The number of nitrogens with two attached hydrogens (primary N) is 1. The number of benzene rings is 2. The number of methoxy groups -OCH3 is 1. The van der Waals surface area contributed by atoms with E-state index in [1.807, 2.05) is 6.07 Å². The molecule has 0 aliphatic heterocycles. The highest BCUT2D eigenvalue weighted by Gasteiger charge is 2.47. The predicted octanol–water partition coefficient (Wildman–Crippen LogP) is 4.69. The zero-order valence-corrected chi connectivity index (χ0v) is 17.7. The Balaban J connectivity index is 2.49. The summed E-state index contributed by atoms with van der Waals surface area (Å²) in [5.41, 5.74) is 6.87. The summed E-state index contributed by atoms with van der Waals surface area (Å²) < 4.78 is 47.6. The molecular weight excluding hydrogens is 407 g/mol. The number of rotatable bonds is 9. The quantitative estimate of drug-likeness (QED) is 0.582. The Bertz CT molecular complexity index is 921. The van der Waals surface area contributed by atoms with E-state index in [1.54, 1.807) is 50.2 Å². The number of alkyl halides is 3. The lowest BCUT2D eigenvalue weighted by Gasteiger charge is -2.37. The number of hydrogen-bond acceptors (Lipinski definition) is 4. The number of hydrogen-bond donors (Lipinski definition) is 1. The summed E-state index contributed by atoms with van der Waals surface area (Å²) >= 11 is 0. The minimum absolute atomic E-state index is 0.0654. The topological polar surface area (TPSA) is 79.3 Å². The van der Waals surface area contributed by atoms with Crippen molar-refractivity contribution >= 4 is 5.91 Å². The molecule has 0 spiro atoms. The third-order valence-corrected chi connectivity index (χ3v) is 4.95. The second-order valence-electron chi connectivity index (χ2n) is 7.68. The lowest BCUT2D eigenvalue weighted by atomic mass is 9.95. The zero-order chi connectivity index (χ0) is 23.2. The average Bonchev–Trinajstić information content (AvgIpc) is 2.71. The first kappa shape index (κ1) is 24.2. The fraction of sp³-hybridized carbons (Fsp3) is 0.391. The molecule has 0 aliphatic carbocycles. The molecule has 8 heteroatoms. The molecule has 2 rings (SSSR count). The summed E-state index contributed by atoms with van der Waals surface area (Å²) in [6, 6.07) is 11.5. The van der Waals surface area contributed by atoms with Crippen LogP contribution in [0.2, 0.25) is 0 Å². The van der Waals surface area contributed by atoms with Gasteiger partial charge in [0, 0.05) is 0 Å². The Labute approximate surface area is 180 Å². The van der Waals surface area contributed by atoms with Gasteiger partial charge in [-0.1, -0.05) is 50.2 Å². The van der Waals surface area contributed by atoms with Gasteiger partial charge in [-0.3, -0.25) is 9.69 Å². The van der Waals surface area contributed by atoms with Gasteiger partial charge in [0.2, 0.25) is 5.91 Å². The van der Waals surface area contributed by atoms with E-state index >= 15 is 0 Å². The van der Waals surface area contributed by atoms with E-state index in [9.17, 15) is 23.2 Å². The smallest absolute Gasteiger partial charge is 0.408 e. The molecule has 2 N–H and O–H groups in total. The Morgan fingerprint density at radius 3 is 2.29 bits per heavy atom. The number of nitriles is 1. The van der Waals surface area contributed by atoms with Crippen molar-refractivity contribution in [2.24, 2.45) is 11.7 Å². The SMILES string of the molecule is COc1cccc(-c2ccc([C@@H](N(CC#N)[C@@H](CC(C)C)C(N)=O)C(F)(F)F)cc2)c1. The van der Waals surface area contributed by atoms with Crippen molar-refractivity contribution in [2.45, 2.75) is 38.5 Å². The van der Waals surface area contributed by atoms with E-state index in [0.717, 1.165) is 10.5 Å². The van der Waals surface area contributed by atoms with Crippen LogP contribution < -0.4 is 10.5 Å². The van der Waals surface area contributed by atoms with Gasteiger partial charge in [-0.15, -0.1) is 0 Å². The van der Waals surface area contributed by atoms with Gasteiger partial charge >= 0.3 is 6.18 Å². The molecule has 2 aromatic carbocycles. The van der Waals surface area contributed by atoms with Crippen molar-refractivity contribution in [2.75, 3.05) is 13.7 Å². The number of carbonyl (C=O) groups is 1. The zero-order valence-electron chi connectivity index (χ0n) is 17.7. The van der Waals surface area contributed by atoms with E-state index in [1.165, 1.54) is 19.2 Å². The van der Waals surface area contributed by atoms with Crippen LogP contribution in [0.3, 0.4) is 0 Å². The van der Waals surface area contributed by atoms with Crippen molar-refractivity contribution in [3.8, 4) is 22.9 Å². The maximum absolute atomic E-state index is 14.1. The highest BCUT2D eigenvalue weighted by Crippen LogP contribution is 2.40. The van der Waals surface area contributed by atoms with E-state index in [2.05, 4.69) is 0 Å². The molecule has 166 valence electrons. The van der Waals surface area contributed by atoms with Gasteiger partial charge in [0.15, 0.2) is 0 Å². The molecule has 2 aromatic rings. The fourth-order valence-electron chi connectivity index (χ4n) is 3.55. The summed E-state index contributed by atoms with van der Waals surface area (Å²) in [6.45, 7) is 2.99. The molecule has 1 amide bonds. The molecule has 0 unspecified atom stereocenters. The minimum atomic E-state index is -4.71. The van der Waals surface area contributed by atoms with Gasteiger partial charge in [0.1, 0.15) is 11.8 Å². The Morgan fingerprint density at radius 1 is 1.16 bits per heavy atom. The van der Waals surface area contributed by atoms with Gasteiger partial charge < -0.3 is 10.5 Å². The number of nitrogens with zero attached hydrogens (tertiary/aromatic N) is 2. The van der Waals surface area contributed by atoms with Crippen LogP contribution in [-0.4, -0.2) is 36.7 Å². The number of carbonyl (C=O) groups excluding carboxylic acids is 1. The van der Waals surface area contributed by atoms with Crippen LogP contribution in [0.1, 0.15) is 31.9 Å². The Hall–Kier alpha value is -3.05. The number of amides is 1. The normalized spacial score (nSPS) is 13.6. The van der Waals surface area contributed by atoms with Gasteiger partial charge in [-0.2, -0.15) is 18.4 Å². The number of primary amides is 1. The fourth-order valence-corrected chi connectivity index (χ4v) is 3.55. The molecule has 5 nitrogen and oxygen atoms in total. The molecule has 0 saturated heterocycles. The van der Waals surface area contributed by atoms with Gasteiger partial charge in [-0.05, 0) is 41.2 Å². The predicted molar refractivity (Wildman–Crippen MR) is 112 cm³/mol. The average molecular weight is 433 g/mol. The van der Waals surface area contributed by atoms with Crippen molar-refractivity contribution in [3.63, 3.8) is 0 Å². The molecule has 0 aliphatic rings. The summed E-state index contributed by atoms with van der Waals surface area (Å²) in [5, 5.41) is 9.18. The van der Waals surface area contributed by atoms with Crippen molar-refractivity contribution < 1.29 is 22.7 Å². The van der Waals surface area contributed by atoms with Crippen LogP contribution in [0.15, 0.2) is 48.5 Å². The van der Waals surface area contributed by atoms with E-state index < -0.39 is 30.7 Å². The van der Waals surface area contributed by atoms with Crippen molar-refractivity contribution in [1.29, 1.82) is 5.26 Å². The van der Waals surface area contributed by atoms with Crippen molar-refractivity contribution in [1.82, 2.24) is 4.90 Å². The van der Waals surface area contributed by atoms with Crippen LogP contribution in [0.25, 0.3) is 11.1 Å². The highest BCUT2D eigenvalue weighted by atomic mass is 19.4. The monoisotopic (exact) mass is 433 g/mol. The van der Waals surface area contributed by atoms with Gasteiger partial charge in [-0.25, -0.2) is 0 Å². The third kappa shape index (κ3) is 6.22. The largest absolute Gasteiger partial charge is 0.497 e. The van der Waals surface area contributed by atoms with Crippen LogP contribution in [0.5, 0.6) is 5.75 Å². The molecule has 0 fully saturated rings. The van der Waals surface area contributed by atoms with Gasteiger partial charge in [0.25, 0.3) is 0 Å². The Kier molecular flexibility index (Phi) is 8.06. The number of halogens is 3. The standard InChI is InChI=1S/C23H26F3N3O2/c1-15(2)13-20(22(28)30)29(12-11-27)21(23(24,25)26)17-9-7-16(8-10-17)18-5-4-6-19(14-18)31-3/h4-10,14-15,20-21H,12-13H2,1-3H3,(H2,28,30)/t20-,21+/m0/s1. The summed E-state index contributed by atoms with van der Waals surface area (Å²) in [4.78, 5) is 12.9. The summed E-state index contributed by atoms with van der Waals surface area (Å²) in [7, 11) is 1.53. The Morgan fingerprint density at radius 2 is 1.81 bits per heavy atom. The van der Waals surface area contributed by atoms with E-state index in [4.69, 9.17) is 10.5 Å². The molecule has 2 atom stereocenters. The molecular formula is C23H26F3N3O2. The third-order valence-electron chi connectivity index (χ3n) is 4.95. The number of ether oxygens (including phenoxy) is 1. The molecule has 31 heavy (non-hydrogen) atoms. The van der Waals surface area contributed by atoms with E-state index in [0.29, 0.717) is 11.3 Å². The van der Waals surface area contributed by atoms with Crippen LogP contribution in [0.4, 0.5) is 13.2 Å². The molecule has 0 bridgehead atoms. The molecule has 0 heterocycles. The van der Waals surface area contributed by atoms with Crippen molar-refractivity contribution in [3.05, 3.63) is 54.1 Å². The second kappa shape index (κ2) is 10.3. The highest BCUT2D eigenvalue weighted by molar-refractivity contribution is 5.80. The molecule has 0 saturated carbocycles. The maximum Gasteiger partial charge on any atom is 0.408 e. The lowest BCUT2D eigenvalue weighted by Crippen LogP contribution is -2.51. The molecule has 0 aromatic heterocycles. The second-order valence-corrected chi connectivity index (χ2v) is 7.68. The summed E-state index contributed by atoms with van der Waals surface area (Å²) in [5.74, 6) is -0.331. The first-order chi connectivity index (χ1) is 14.6. The van der Waals surface area contributed by atoms with E-state index in [-0.39, 0.29) is 17.9 Å². The summed E-state index contributed by atoms with van der Waals surface area (Å²) in [6.07, 6.45) is -4.59. The first-order valence-electron chi connectivity index (χ1n) is 9.81. The van der Waals surface area contributed by atoms with Crippen LogP contribution >= 0.6 is 0 Å². The minimum Gasteiger partial charge on any atom is -0.497 e. The van der Waals surface area contributed by atoms with Crippen LogP contribution in [0, 0.1) is 17.2 Å². The lowest BCUT2D eigenvalue weighted by molar-refractivity contribution is -0.192. The molecule has 0 radical (unpaired) electrons. The van der Waals surface area contributed by atoms with Gasteiger partial charge in [0.05, 0.1) is 25.8 Å². The maximum atomic E-state index is 14.1.